The summed E-state index contributed by atoms with van der Waals surface area (Å²) in [5.74, 6) is -1.65. The molecule has 1 aliphatic carbocycles. The maximum Gasteiger partial charge on any atom is 0.308 e. The number of carboxylic acids is 1. The molecule has 0 radical (unpaired) electrons. The van der Waals surface area contributed by atoms with E-state index >= 15 is 0 Å². The fourth-order valence-electron chi connectivity index (χ4n) is 3.23. The number of likely N-dealkylation sites (tertiary alicyclic amines) is 1. The number of carbonyl (C=O) groups is 3. The van der Waals surface area contributed by atoms with Gasteiger partial charge in [0.2, 0.25) is 11.8 Å². The van der Waals surface area contributed by atoms with Crippen LogP contribution in [0.5, 0.6) is 0 Å². The Morgan fingerprint density at radius 3 is 2.52 bits per heavy atom. The monoisotopic (exact) mass is 326 g/mol. The van der Waals surface area contributed by atoms with E-state index < -0.39 is 11.9 Å². The van der Waals surface area contributed by atoms with Crippen molar-refractivity contribution in [3.05, 3.63) is 0 Å². The number of rotatable bonds is 6. The zero-order valence-electron chi connectivity index (χ0n) is 13.9. The molecule has 1 saturated carbocycles. The van der Waals surface area contributed by atoms with Crippen molar-refractivity contribution in [2.45, 2.75) is 44.1 Å². The number of aliphatic carboxylic acids is 1. The fourth-order valence-corrected chi connectivity index (χ4v) is 3.23. The molecule has 1 saturated heterocycles. The highest BCUT2D eigenvalue weighted by molar-refractivity contribution is 5.85. The molecule has 2 amide bonds. The van der Waals surface area contributed by atoms with Gasteiger partial charge in [-0.2, -0.15) is 0 Å². The van der Waals surface area contributed by atoms with Gasteiger partial charge in [-0.15, -0.1) is 0 Å². The predicted molar refractivity (Wildman–Crippen MR) is 82.8 cm³/mol. The number of carboxylic acid groups (broad SMARTS) is 1. The van der Waals surface area contributed by atoms with Gasteiger partial charge < -0.3 is 19.6 Å². The number of carbonyl (C=O) groups excluding carboxylic acids is 2. The fraction of sp³-hybridized carbons (Fsp3) is 0.812. The molecule has 1 atom stereocenters. The molecule has 0 aromatic carbocycles. The van der Waals surface area contributed by atoms with Gasteiger partial charge in [0.1, 0.15) is 0 Å². The zero-order chi connectivity index (χ0) is 17.0. The van der Waals surface area contributed by atoms with Crippen LogP contribution in [0.15, 0.2) is 0 Å². The van der Waals surface area contributed by atoms with Gasteiger partial charge in [-0.1, -0.05) is 0 Å². The summed E-state index contributed by atoms with van der Waals surface area (Å²) < 4.78 is 5.45. The molecular weight excluding hydrogens is 300 g/mol. The molecule has 0 aromatic heterocycles. The van der Waals surface area contributed by atoms with Gasteiger partial charge >= 0.3 is 5.97 Å². The molecule has 7 heteroatoms. The van der Waals surface area contributed by atoms with Crippen molar-refractivity contribution in [3.63, 3.8) is 0 Å². The number of likely N-dealkylation sites (N-methyl/N-ethyl adjacent to an activating group) is 1. The van der Waals surface area contributed by atoms with E-state index in [9.17, 15) is 14.4 Å². The molecule has 1 N–H and O–H groups in total. The molecule has 0 aromatic rings. The number of amides is 2. The molecule has 2 fully saturated rings. The molecular formula is C16H26N2O5. The van der Waals surface area contributed by atoms with Gasteiger partial charge in [0.25, 0.3) is 0 Å². The van der Waals surface area contributed by atoms with Gasteiger partial charge in [0.05, 0.1) is 24.5 Å². The minimum Gasteiger partial charge on any atom is -0.481 e. The Kier molecular flexibility index (Phi) is 5.62. The Morgan fingerprint density at radius 1 is 1.30 bits per heavy atom. The van der Waals surface area contributed by atoms with Crippen LogP contribution < -0.4 is 0 Å². The molecule has 1 unspecified atom stereocenters. The summed E-state index contributed by atoms with van der Waals surface area (Å²) in [6.45, 7) is 0.788. The SMILES string of the molecule is COC1(CC(=O)N(C)CC(=O)N2CCCC(C(=O)O)C2)CCC1. The van der Waals surface area contributed by atoms with Gasteiger partial charge in [-0.3, -0.25) is 14.4 Å². The van der Waals surface area contributed by atoms with E-state index in [1.54, 1.807) is 19.1 Å². The number of ether oxygens (including phenoxy) is 1. The third kappa shape index (κ3) is 4.22. The summed E-state index contributed by atoms with van der Waals surface area (Å²) in [6, 6.07) is 0. The van der Waals surface area contributed by atoms with E-state index in [0.717, 1.165) is 19.3 Å². The maximum atomic E-state index is 12.3. The summed E-state index contributed by atoms with van der Waals surface area (Å²) in [7, 11) is 3.23. The minimum absolute atomic E-state index is 0.00896. The first-order valence-electron chi connectivity index (χ1n) is 8.16. The molecule has 0 spiro atoms. The molecule has 2 rings (SSSR count). The summed E-state index contributed by atoms with van der Waals surface area (Å²) in [6.07, 6.45) is 4.41. The van der Waals surface area contributed by atoms with E-state index in [4.69, 9.17) is 9.84 Å². The van der Waals surface area contributed by atoms with Crippen molar-refractivity contribution in [1.29, 1.82) is 0 Å². The normalized spacial score (nSPS) is 23.0. The highest BCUT2D eigenvalue weighted by atomic mass is 16.5. The van der Waals surface area contributed by atoms with Crippen LogP contribution >= 0.6 is 0 Å². The number of methoxy groups -OCH3 is 1. The van der Waals surface area contributed by atoms with Crippen molar-refractivity contribution in [2.24, 2.45) is 5.92 Å². The number of hydrogen-bond acceptors (Lipinski definition) is 4. The highest BCUT2D eigenvalue weighted by Gasteiger charge is 2.40. The molecule has 0 bridgehead atoms. The summed E-state index contributed by atoms with van der Waals surface area (Å²) >= 11 is 0. The summed E-state index contributed by atoms with van der Waals surface area (Å²) in [5.41, 5.74) is -0.353. The largest absolute Gasteiger partial charge is 0.481 e. The maximum absolute atomic E-state index is 12.3. The molecule has 1 heterocycles. The molecule has 7 nitrogen and oxygen atoms in total. The van der Waals surface area contributed by atoms with Crippen LogP contribution in [0.25, 0.3) is 0 Å². The lowest BCUT2D eigenvalue weighted by Crippen LogP contribution is -2.49. The van der Waals surface area contributed by atoms with E-state index in [0.29, 0.717) is 25.8 Å². The van der Waals surface area contributed by atoms with E-state index in [2.05, 4.69) is 0 Å². The second-order valence-corrected chi connectivity index (χ2v) is 6.68. The van der Waals surface area contributed by atoms with Crippen LogP contribution in [0.3, 0.4) is 0 Å². The van der Waals surface area contributed by atoms with E-state index in [1.165, 1.54) is 4.90 Å². The summed E-state index contributed by atoms with van der Waals surface area (Å²) in [4.78, 5) is 38.6. The Morgan fingerprint density at radius 2 is 2.00 bits per heavy atom. The molecule has 23 heavy (non-hydrogen) atoms. The topological polar surface area (TPSA) is 87.2 Å². The second kappa shape index (κ2) is 7.29. The Bertz CT molecular complexity index is 470. The van der Waals surface area contributed by atoms with Crippen LogP contribution in [0.2, 0.25) is 0 Å². The molecule has 130 valence electrons. The third-order valence-electron chi connectivity index (χ3n) is 5.09. The van der Waals surface area contributed by atoms with Crippen molar-refractivity contribution in [3.8, 4) is 0 Å². The smallest absolute Gasteiger partial charge is 0.308 e. The van der Waals surface area contributed by atoms with Crippen LogP contribution in [0.4, 0.5) is 0 Å². The third-order valence-corrected chi connectivity index (χ3v) is 5.09. The average Bonchev–Trinajstić information content (AvgIpc) is 2.50. The van der Waals surface area contributed by atoms with Crippen LogP contribution in [-0.2, 0) is 19.1 Å². The van der Waals surface area contributed by atoms with Gasteiger partial charge in [-0.25, -0.2) is 0 Å². The minimum atomic E-state index is -0.862. The van der Waals surface area contributed by atoms with Gasteiger partial charge in [-0.05, 0) is 32.1 Å². The first-order valence-corrected chi connectivity index (χ1v) is 8.16. The Balaban J connectivity index is 1.84. The lowest BCUT2D eigenvalue weighted by molar-refractivity contribution is -0.150. The van der Waals surface area contributed by atoms with Gasteiger partial charge in [0, 0.05) is 27.2 Å². The second-order valence-electron chi connectivity index (χ2n) is 6.68. The van der Waals surface area contributed by atoms with Crippen LogP contribution in [0.1, 0.15) is 38.5 Å². The van der Waals surface area contributed by atoms with Crippen molar-refractivity contribution < 1.29 is 24.2 Å². The van der Waals surface area contributed by atoms with Crippen LogP contribution in [-0.4, -0.2) is 72.1 Å². The number of piperidine rings is 1. The highest BCUT2D eigenvalue weighted by Crippen LogP contribution is 2.38. The Labute approximate surface area is 136 Å². The van der Waals surface area contributed by atoms with E-state index in [1.807, 2.05) is 0 Å². The predicted octanol–water partition coefficient (Wildman–Crippen LogP) is 0.727. The number of nitrogens with zero attached hydrogens (tertiary/aromatic N) is 2. The van der Waals surface area contributed by atoms with Crippen LogP contribution in [0, 0.1) is 5.92 Å². The van der Waals surface area contributed by atoms with Crippen molar-refractivity contribution in [2.75, 3.05) is 33.8 Å². The number of hydrogen-bond donors (Lipinski definition) is 1. The average molecular weight is 326 g/mol. The first kappa shape index (κ1) is 17.7. The summed E-state index contributed by atoms with van der Waals surface area (Å²) in [5, 5.41) is 9.08. The zero-order valence-corrected chi connectivity index (χ0v) is 13.9. The molecule has 2 aliphatic rings. The van der Waals surface area contributed by atoms with Crippen molar-refractivity contribution in [1.82, 2.24) is 9.80 Å². The lowest BCUT2D eigenvalue weighted by atomic mass is 9.77. The van der Waals surface area contributed by atoms with Crippen molar-refractivity contribution >= 4 is 17.8 Å². The standard InChI is InChI=1S/C16H26N2O5/c1-17(13(19)9-16(23-2)6-4-7-16)11-14(20)18-8-3-5-12(10-18)15(21)22/h12H,3-11H2,1-2H3,(H,21,22). The lowest BCUT2D eigenvalue weighted by Gasteiger charge is -2.40. The quantitative estimate of drug-likeness (QED) is 0.777. The Hall–Kier alpha value is -1.63. The van der Waals surface area contributed by atoms with Gasteiger partial charge in [0.15, 0.2) is 0 Å². The molecule has 1 aliphatic heterocycles. The van der Waals surface area contributed by atoms with E-state index in [-0.39, 0.29) is 30.5 Å². The first-order chi connectivity index (χ1) is 10.9.